The molecule has 98 heavy (non-hydrogen) atoms. The fraction of sp³-hybridized carbons (Fsp3) is 1.00. The average Bonchev–Trinajstić information content (AvgIpc) is 0.789. The lowest BCUT2D eigenvalue weighted by molar-refractivity contribution is -0.159. The summed E-state index contributed by atoms with van der Waals surface area (Å²) in [4.78, 5) is 11.5. The monoisotopic (exact) mass is 1340 g/mol. The molecule has 4 heteroatoms. The van der Waals surface area contributed by atoms with E-state index in [1.165, 1.54) is 51.4 Å². The molecule has 18 fully saturated rings. The Morgan fingerprint density at radius 2 is 0.602 bits per heavy atom. The van der Waals surface area contributed by atoms with Crippen molar-refractivity contribution in [2.75, 3.05) is 0 Å². The van der Waals surface area contributed by atoms with Gasteiger partial charge in [-0.15, -0.1) is 0 Å². The minimum atomic E-state index is 0.343. The predicted octanol–water partition coefficient (Wildman–Crippen LogP) is 25.3. The van der Waals surface area contributed by atoms with Crippen LogP contribution in [0.2, 0.25) is 17.5 Å². The van der Waals surface area contributed by atoms with Gasteiger partial charge in [0, 0.05) is 54.4 Å². The molecule has 0 amide bonds. The number of rotatable bonds is 8. The van der Waals surface area contributed by atoms with Crippen LogP contribution in [0.1, 0.15) is 377 Å². The molecule has 3 saturated heterocycles. The Morgan fingerprint density at radius 3 is 1.07 bits per heavy atom. The summed E-state index contributed by atoms with van der Waals surface area (Å²) in [7, 11) is 0. The van der Waals surface area contributed by atoms with Crippen LogP contribution < -0.4 is 0 Å². The fourth-order valence-corrected chi connectivity index (χ4v) is 34.9. The van der Waals surface area contributed by atoms with E-state index in [0.717, 1.165) is 203 Å². The van der Waals surface area contributed by atoms with Crippen LogP contribution in [0.3, 0.4) is 0 Å². The van der Waals surface area contributed by atoms with E-state index < -0.39 is 0 Å². The first-order valence-electron chi connectivity index (χ1n) is 46.9. The topological polar surface area (TPSA) is 9.72 Å². The molecule has 15 aliphatic carbocycles. The zero-order chi connectivity index (χ0) is 66.5. The molecule has 0 aromatic heterocycles. The predicted molar refractivity (Wildman–Crippen MR) is 415 cm³/mol. The van der Waals surface area contributed by atoms with Gasteiger partial charge in [-0.2, -0.15) is 0 Å². The van der Waals surface area contributed by atoms with Crippen molar-refractivity contribution in [2.24, 2.45) is 141 Å². The summed E-state index contributed by atoms with van der Waals surface area (Å²) in [6.45, 7) is 25.7. The Balaban J connectivity index is 0.805. The molecule has 0 aromatic carbocycles. The normalized spacial score (nSPS) is 49.9. The molecular weight excluding hydrogens is 1180 g/mol. The highest BCUT2D eigenvalue weighted by Gasteiger charge is 2.70. The van der Waals surface area contributed by atoms with Gasteiger partial charge < -0.3 is 0 Å². The van der Waals surface area contributed by atoms with Gasteiger partial charge in [0.05, 0.1) is 0 Å². The van der Waals surface area contributed by atoms with Crippen LogP contribution in [-0.2, 0) is 0 Å². The van der Waals surface area contributed by atoms with Gasteiger partial charge in [0.2, 0.25) is 0 Å². The first kappa shape index (κ1) is 69.7. The Morgan fingerprint density at radius 1 is 0.224 bits per heavy atom. The molecule has 0 aromatic rings. The van der Waals surface area contributed by atoms with Crippen molar-refractivity contribution in [3.05, 3.63) is 0 Å². The Kier molecular flexibility index (Phi) is 20.0. The van der Waals surface area contributed by atoms with Crippen molar-refractivity contribution >= 4 is 6.71 Å². The van der Waals surface area contributed by atoms with Gasteiger partial charge in [0.25, 0.3) is 0 Å². The molecule has 0 spiro atoms. The number of likely N-dealkylation sites (tertiary alicyclic amines) is 1. The maximum absolute atomic E-state index is 3.97. The van der Waals surface area contributed by atoms with E-state index in [-0.39, 0.29) is 0 Å². The highest BCUT2D eigenvalue weighted by atomic mass is 15.3. The maximum atomic E-state index is 3.97. The first-order valence-corrected chi connectivity index (χ1v) is 46.9. The standard InChI is InChI=1S/C94H158BN3/c1-92(2,3)67-50-64-44-45-65-51-68(93(4,5)6)55-78-77(53-66(52-67)87(64)88(65)78)63-46-48-79-83(54-63)97(90-71(59-28-14-10-15-29-59)38-26-39-72(90)60-30-16-11-17-31-60)85-56-69(94(7,8)9)57-86-89(85)95(79)80-49-47-70(96-81-42-24-22-36-75(81)76-37-23-25-43-82(76)96)58-84(80)98(86)91-73(61-32-18-12-19-33-61)40-27-41-74(91)62-34-20-13-21-35-62/h59-91H,10-58H2,1-9H3. The molecule has 3 heterocycles. The molecule has 0 radical (unpaired) electrons. The zero-order valence-electron chi connectivity index (χ0n) is 66.1. The maximum Gasteiger partial charge on any atom is 0.156 e. The molecule has 18 aliphatic rings. The molecule has 0 bridgehead atoms. The van der Waals surface area contributed by atoms with E-state index in [2.05, 4.69) is 77.0 Å². The summed E-state index contributed by atoms with van der Waals surface area (Å²) in [5.74, 6) is 23.5. The number of hydrogen-bond acceptors (Lipinski definition) is 3. The van der Waals surface area contributed by atoms with E-state index in [1.807, 2.05) is 0 Å². The van der Waals surface area contributed by atoms with Crippen LogP contribution in [0, 0.1) is 141 Å². The second-order valence-electron chi connectivity index (χ2n) is 45.4. The lowest BCUT2D eigenvalue weighted by Crippen LogP contribution is -2.77. The highest BCUT2D eigenvalue weighted by molar-refractivity contribution is 6.65. The Bertz CT molecular complexity index is 2560. The van der Waals surface area contributed by atoms with Crippen molar-refractivity contribution in [3.63, 3.8) is 0 Å². The quantitative estimate of drug-likeness (QED) is 0.224. The third kappa shape index (κ3) is 12.5. The molecule has 552 valence electrons. The Labute approximate surface area is 607 Å². The van der Waals surface area contributed by atoms with Gasteiger partial charge in [0.15, 0.2) is 6.71 Å². The van der Waals surface area contributed by atoms with E-state index >= 15 is 0 Å². The van der Waals surface area contributed by atoms with Crippen molar-refractivity contribution in [2.45, 2.75) is 449 Å². The second-order valence-corrected chi connectivity index (χ2v) is 45.4. The molecule has 3 nitrogen and oxygen atoms in total. The second kappa shape index (κ2) is 28.2. The number of hydrogen-bond donors (Lipinski definition) is 0. The lowest BCUT2D eigenvalue weighted by atomic mass is 9.18. The molecule has 27 unspecified atom stereocenters. The zero-order valence-corrected chi connectivity index (χ0v) is 66.1. The van der Waals surface area contributed by atoms with E-state index in [1.54, 1.807) is 263 Å². The number of nitrogens with zero attached hydrogens (tertiary/aromatic N) is 3. The third-order valence-corrected chi connectivity index (χ3v) is 38.8. The van der Waals surface area contributed by atoms with Gasteiger partial charge in [-0.3, -0.25) is 14.7 Å². The summed E-state index contributed by atoms with van der Waals surface area (Å²) < 4.78 is 0. The summed E-state index contributed by atoms with van der Waals surface area (Å²) >= 11 is 0. The van der Waals surface area contributed by atoms with Crippen molar-refractivity contribution in [3.8, 4) is 0 Å². The van der Waals surface area contributed by atoms with Crippen LogP contribution in [-0.4, -0.2) is 75.8 Å². The summed E-state index contributed by atoms with van der Waals surface area (Å²) in [5, 5.41) is 0. The van der Waals surface area contributed by atoms with Crippen LogP contribution in [0.25, 0.3) is 0 Å². The SMILES string of the molecule is CC(C)(C)C1CC2CCC3CC(C(C)(C)C)CC4C(C5CCC6B7C8CCC(N9C%10CCCCC%10C%10CCCCC%109)CC8N(C8C(C9CCCCC9)CCCC8C8CCCCC8)C8CC(C(C)(C)C)CC(C78)N(C7C(C8CCCCC8)CCCC7C7CCCCC7)C6C5)CC(C1)C2C34. The lowest BCUT2D eigenvalue weighted by Gasteiger charge is -2.73. The highest BCUT2D eigenvalue weighted by Crippen LogP contribution is 2.71. The average molecular weight is 1340 g/mol. The summed E-state index contributed by atoms with van der Waals surface area (Å²) in [6.07, 6.45) is 77.0. The van der Waals surface area contributed by atoms with Crippen molar-refractivity contribution in [1.82, 2.24) is 14.7 Å². The van der Waals surface area contributed by atoms with Crippen LogP contribution in [0.5, 0.6) is 0 Å². The summed E-state index contributed by atoms with van der Waals surface area (Å²) in [5.41, 5.74) is 1.23. The van der Waals surface area contributed by atoms with Gasteiger partial charge >= 0.3 is 0 Å². The first-order chi connectivity index (χ1) is 47.5. The van der Waals surface area contributed by atoms with Crippen molar-refractivity contribution < 1.29 is 0 Å². The van der Waals surface area contributed by atoms with Gasteiger partial charge in [-0.05, 0) is 286 Å². The van der Waals surface area contributed by atoms with Crippen molar-refractivity contribution in [1.29, 1.82) is 0 Å². The third-order valence-electron chi connectivity index (χ3n) is 38.8. The van der Waals surface area contributed by atoms with Gasteiger partial charge in [-0.25, -0.2) is 0 Å². The molecule has 15 saturated carbocycles. The largest absolute Gasteiger partial charge is 0.295 e. The van der Waals surface area contributed by atoms with Gasteiger partial charge in [-0.1, -0.05) is 249 Å². The smallest absolute Gasteiger partial charge is 0.156 e. The summed E-state index contributed by atoms with van der Waals surface area (Å²) in [6, 6.07) is 7.70. The number of fused-ring (bicyclic) bond motifs is 7. The fourth-order valence-electron chi connectivity index (χ4n) is 34.9. The molecule has 0 N–H and O–H groups in total. The van der Waals surface area contributed by atoms with Crippen LogP contribution in [0.4, 0.5) is 0 Å². The minimum absolute atomic E-state index is 0.343. The Hall–Kier alpha value is -0.0551. The van der Waals surface area contributed by atoms with E-state index in [0.29, 0.717) is 16.2 Å². The van der Waals surface area contributed by atoms with Crippen LogP contribution >= 0.6 is 0 Å². The molecule has 27 atom stereocenters. The van der Waals surface area contributed by atoms with E-state index in [9.17, 15) is 0 Å². The molecule has 18 rings (SSSR count). The minimum Gasteiger partial charge on any atom is -0.295 e. The van der Waals surface area contributed by atoms with Crippen LogP contribution in [0.15, 0.2) is 0 Å². The molecular formula is C94H158BN3. The van der Waals surface area contributed by atoms with E-state index in [4.69, 9.17) is 0 Å². The molecule has 3 aliphatic heterocycles. The van der Waals surface area contributed by atoms with Gasteiger partial charge in [0.1, 0.15) is 0 Å².